The van der Waals surface area contributed by atoms with Gasteiger partial charge >= 0.3 is 0 Å². The maximum Gasteiger partial charge on any atom is 0.145 e. The number of aromatic hydroxyl groups is 1. The first-order chi connectivity index (χ1) is 11.2. The highest BCUT2D eigenvalue weighted by molar-refractivity contribution is 8.00. The topological polar surface area (TPSA) is 66.2 Å². The van der Waals surface area contributed by atoms with Gasteiger partial charge in [0.25, 0.3) is 0 Å². The molecule has 0 amide bonds. The third kappa shape index (κ3) is 2.72. The van der Waals surface area contributed by atoms with Crippen LogP contribution in [0.2, 0.25) is 0 Å². The molecule has 6 heteroatoms. The molecule has 2 heterocycles. The number of para-hydroxylation sites is 2. The molecular formula is C17H12N2O2S2. The molecule has 0 saturated carbocycles. The molecule has 0 bridgehead atoms. The number of rotatable bonds is 2. The molecule has 0 saturated heterocycles. The van der Waals surface area contributed by atoms with Crippen molar-refractivity contribution in [3.8, 4) is 5.75 Å². The standard InChI is InChI=1S/C17H12N2O2S2/c20-13-6-3-4-10-8-11(9-18-15(10)13)16(21)23-17-19-12-5-1-2-7-14(12)22-17/h1-9,20-21,23H. The van der Waals surface area contributed by atoms with Crippen molar-refractivity contribution in [2.75, 3.05) is 0 Å². The Kier molecular flexibility index (Phi) is 3.57. The van der Waals surface area contributed by atoms with Crippen LogP contribution in [-0.4, -0.2) is 25.2 Å². The maximum atomic E-state index is 10.4. The number of hydrogen-bond donors (Lipinski definition) is 3. The molecule has 0 radical (unpaired) electrons. The Hall–Kier alpha value is -2.28. The zero-order valence-electron chi connectivity index (χ0n) is 11.8. The van der Waals surface area contributed by atoms with Crippen LogP contribution in [0.15, 0.2) is 59.1 Å². The SMILES string of the molecule is OC(=[SH]c1nc2ccccc2s1)c1cnc2c(O)cccc2c1. The summed E-state index contributed by atoms with van der Waals surface area (Å²) in [5, 5.41) is 21.2. The second-order valence-electron chi connectivity index (χ2n) is 4.97. The summed E-state index contributed by atoms with van der Waals surface area (Å²) in [6.07, 6.45) is 1.57. The molecule has 0 aliphatic rings. The van der Waals surface area contributed by atoms with E-state index in [1.165, 1.54) is 0 Å². The van der Waals surface area contributed by atoms with Crippen LogP contribution in [0.4, 0.5) is 0 Å². The van der Waals surface area contributed by atoms with E-state index < -0.39 is 0 Å². The summed E-state index contributed by atoms with van der Waals surface area (Å²) >= 11 is 2.21. The number of aliphatic hydroxyl groups excluding tert-OH is 1. The van der Waals surface area contributed by atoms with Crippen LogP contribution < -0.4 is 0 Å². The van der Waals surface area contributed by atoms with Gasteiger partial charge < -0.3 is 10.2 Å². The summed E-state index contributed by atoms with van der Waals surface area (Å²) in [6, 6.07) is 14.9. The Bertz CT molecular complexity index is 1020. The second-order valence-corrected chi connectivity index (χ2v) is 7.38. The van der Waals surface area contributed by atoms with E-state index in [9.17, 15) is 10.2 Å². The molecule has 23 heavy (non-hydrogen) atoms. The van der Waals surface area contributed by atoms with E-state index in [0.29, 0.717) is 22.4 Å². The molecular weight excluding hydrogens is 328 g/mol. The number of fused-ring (bicyclic) bond motifs is 2. The lowest BCUT2D eigenvalue weighted by atomic mass is 10.1. The van der Waals surface area contributed by atoms with Crippen molar-refractivity contribution in [2.45, 2.75) is 4.34 Å². The molecule has 114 valence electrons. The van der Waals surface area contributed by atoms with Crippen LogP contribution in [-0.2, 0) is 0 Å². The molecule has 4 rings (SSSR count). The molecule has 0 atom stereocenters. The van der Waals surface area contributed by atoms with Crippen LogP contribution in [0, 0.1) is 0 Å². The lowest BCUT2D eigenvalue weighted by Gasteiger charge is -2.03. The molecule has 0 spiro atoms. The lowest BCUT2D eigenvalue weighted by Crippen LogP contribution is -1.97. The van der Waals surface area contributed by atoms with Gasteiger partial charge in [-0.05, 0) is 24.3 Å². The zero-order valence-corrected chi connectivity index (χ0v) is 13.6. The normalized spacial score (nSPS) is 12.5. The molecule has 0 fully saturated rings. The van der Waals surface area contributed by atoms with Crippen molar-refractivity contribution < 1.29 is 10.2 Å². The number of nitrogens with zero attached hydrogens (tertiary/aromatic N) is 2. The van der Waals surface area contributed by atoms with Gasteiger partial charge in [-0.3, -0.25) is 4.98 Å². The van der Waals surface area contributed by atoms with Crippen molar-refractivity contribution in [1.29, 1.82) is 0 Å². The molecule has 4 aromatic rings. The predicted octanol–water partition coefficient (Wildman–Crippen LogP) is 4.11. The minimum atomic E-state index is 0.136. The molecule has 2 N–H and O–H groups in total. The fraction of sp³-hybridized carbons (Fsp3) is 0. The minimum absolute atomic E-state index is 0.136. The van der Waals surface area contributed by atoms with E-state index in [1.807, 2.05) is 36.4 Å². The highest BCUT2D eigenvalue weighted by Gasteiger charge is 2.06. The Balaban J connectivity index is 1.76. The Morgan fingerprint density at radius 1 is 1.09 bits per heavy atom. The van der Waals surface area contributed by atoms with Gasteiger partial charge in [-0.25, -0.2) is 4.98 Å². The molecule has 4 nitrogen and oxygen atoms in total. The third-order valence-electron chi connectivity index (χ3n) is 3.43. The third-order valence-corrected chi connectivity index (χ3v) is 5.58. The quantitative estimate of drug-likeness (QED) is 0.379. The Morgan fingerprint density at radius 3 is 2.83 bits per heavy atom. The van der Waals surface area contributed by atoms with E-state index in [4.69, 9.17) is 0 Å². The summed E-state index contributed by atoms with van der Waals surface area (Å²) in [6.45, 7) is 0. The van der Waals surface area contributed by atoms with Crippen molar-refractivity contribution in [3.63, 3.8) is 0 Å². The van der Waals surface area contributed by atoms with E-state index in [-0.39, 0.29) is 10.8 Å². The first kappa shape index (κ1) is 14.3. The van der Waals surface area contributed by atoms with Crippen molar-refractivity contribution in [3.05, 3.63) is 60.3 Å². The number of aromatic nitrogens is 2. The maximum absolute atomic E-state index is 10.4. The molecule has 0 aliphatic carbocycles. The van der Waals surface area contributed by atoms with Crippen molar-refractivity contribution in [2.24, 2.45) is 0 Å². The van der Waals surface area contributed by atoms with Crippen molar-refractivity contribution in [1.82, 2.24) is 9.97 Å². The monoisotopic (exact) mass is 340 g/mol. The van der Waals surface area contributed by atoms with E-state index in [0.717, 1.165) is 19.9 Å². The Morgan fingerprint density at radius 2 is 1.96 bits per heavy atom. The highest BCUT2D eigenvalue weighted by Crippen LogP contribution is 2.28. The van der Waals surface area contributed by atoms with Gasteiger partial charge in [0.05, 0.1) is 10.2 Å². The molecule has 2 aromatic heterocycles. The molecule has 2 aromatic carbocycles. The van der Waals surface area contributed by atoms with E-state index in [1.54, 1.807) is 29.7 Å². The molecule has 0 aliphatic heterocycles. The number of hydrogen-bond acceptors (Lipinski definition) is 4. The van der Waals surface area contributed by atoms with Crippen LogP contribution >= 0.6 is 22.7 Å². The Labute approximate surface area is 139 Å². The fourth-order valence-corrected chi connectivity index (χ4v) is 4.36. The van der Waals surface area contributed by atoms with E-state index in [2.05, 4.69) is 9.97 Å². The molecule has 0 unspecified atom stereocenters. The van der Waals surface area contributed by atoms with E-state index >= 15 is 0 Å². The van der Waals surface area contributed by atoms with Crippen LogP contribution in [0.1, 0.15) is 5.56 Å². The smallest absolute Gasteiger partial charge is 0.145 e. The van der Waals surface area contributed by atoms with Crippen molar-refractivity contribution >= 4 is 48.9 Å². The number of phenols is 1. The minimum Gasteiger partial charge on any atom is -0.506 e. The van der Waals surface area contributed by atoms with Crippen LogP contribution in [0.25, 0.3) is 21.1 Å². The first-order valence-electron chi connectivity index (χ1n) is 6.92. The number of phenolic OH excluding ortho intramolecular Hbond substituents is 1. The number of pyridine rings is 1. The summed E-state index contributed by atoms with van der Waals surface area (Å²) in [5.41, 5.74) is 2.10. The van der Waals surface area contributed by atoms with Crippen LogP contribution in [0.5, 0.6) is 5.75 Å². The van der Waals surface area contributed by atoms with Gasteiger partial charge in [0.2, 0.25) is 0 Å². The summed E-state index contributed by atoms with van der Waals surface area (Å²) in [7, 11) is 0. The summed E-state index contributed by atoms with van der Waals surface area (Å²) < 4.78 is 1.93. The van der Waals surface area contributed by atoms with Gasteiger partial charge in [0.15, 0.2) is 0 Å². The highest BCUT2D eigenvalue weighted by atomic mass is 32.2. The van der Waals surface area contributed by atoms with Gasteiger partial charge in [0.1, 0.15) is 20.7 Å². The number of thiazole rings is 1. The average molecular weight is 340 g/mol. The fourth-order valence-electron chi connectivity index (χ4n) is 2.33. The number of benzene rings is 2. The predicted molar refractivity (Wildman–Crippen MR) is 97.0 cm³/mol. The average Bonchev–Trinajstić information content (AvgIpc) is 2.97. The van der Waals surface area contributed by atoms with Gasteiger partial charge in [-0.2, -0.15) is 0 Å². The summed E-state index contributed by atoms with van der Waals surface area (Å²) in [5.74, 6) is 0.136. The first-order valence-corrected chi connectivity index (χ1v) is 8.63. The summed E-state index contributed by atoms with van der Waals surface area (Å²) in [4.78, 5) is 8.75. The van der Waals surface area contributed by atoms with Gasteiger partial charge in [-0.1, -0.05) is 24.3 Å². The van der Waals surface area contributed by atoms with Gasteiger partial charge in [0, 0.05) is 17.1 Å². The lowest BCUT2D eigenvalue weighted by molar-refractivity contribution is 0.480. The second kappa shape index (κ2) is 5.73. The number of thiol groups is 1. The zero-order chi connectivity index (χ0) is 15.8. The van der Waals surface area contributed by atoms with Crippen LogP contribution in [0.3, 0.4) is 0 Å². The van der Waals surface area contributed by atoms with Gasteiger partial charge in [-0.15, -0.1) is 22.7 Å². The largest absolute Gasteiger partial charge is 0.506 e. The number of aliphatic hydroxyl groups is 1.